The third-order valence-electron chi connectivity index (χ3n) is 6.70. The normalized spacial score (nSPS) is 11.1. The van der Waals surface area contributed by atoms with Crippen LogP contribution in [-0.4, -0.2) is 0 Å². The molecule has 2 heterocycles. The summed E-state index contributed by atoms with van der Waals surface area (Å²) in [6, 6.07) is 30.0. The van der Waals surface area contributed by atoms with Gasteiger partial charge in [-0.3, -0.25) is 9.59 Å². The van der Waals surface area contributed by atoms with Gasteiger partial charge < -0.3 is 19.5 Å². The highest BCUT2D eigenvalue weighted by molar-refractivity contribution is 5.83. The second-order valence-electron chi connectivity index (χ2n) is 9.64. The summed E-state index contributed by atoms with van der Waals surface area (Å²) in [5.41, 5.74) is 4.62. The van der Waals surface area contributed by atoms with Crippen LogP contribution in [0.15, 0.2) is 115 Å². The fraction of sp³-hybridized carbons (Fsp3) is 0.0909. The topological polar surface area (TPSA) is 84.5 Å². The van der Waals surface area contributed by atoms with Gasteiger partial charge in [0, 0.05) is 17.8 Å². The van der Waals surface area contributed by atoms with Crippen molar-refractivity contribution in [3.05, 3.63) is 140 Å². The van der Waals surface area contributed by atoms with Crippen molar-refractivity contribution in [2.24, 2.45) is 0 Å². The van der Waals surface area contributed by atoms with Crippen LogP contribution in [0.1, 0.15) is 22.3 Å². The van der Waals surface area contributed by atoms with Gasteiger partial charge in [0.1, 0.15) is 11.2 Å². The van der Waals surface area contributed by atoms with Crippen molar-refractivity contribution in [2.45, 2.75) is 20.3 Å². The Morgan fingerprint density at radius 3 is 1.38 bits per heavy atom. The Balaban J connectivity index is 1.58. The molecule has 0 unspecified atom stereocenters. The molecule has 0 fully saturated rings. The number of benzene rings is 4. The van der Waals surface area contributed by atoms with Crippen LogP contribution < -0.4 is 21.5 Å². The third-order valence-corrected chi connectivity index (χ3v) is 6.70. The summed E-state index contributed by atoms with van der Waals surface area (Å²) in [7, 11) is 0. The van der Waals surface area contributed by atoms with Crippen LogP contribution in [0.2, 0.25) is 0 Å². The van der Waals surface area contributed by atoms with Crippen LogP contribution in [0.4, 0.5) is 23.1 Å². The number of anilines is 4. The van der Waals surface area contributed by atoms with E-state index in [9.17, 15) is 9.59 Å². The Morgan fingerprint density at radius 2 is 0.974 bits per heavy atom. The monoisotopic (exact) mass is 514 g/mol. The maximum atomic E-state index is 13.9. The van der Waals surface area contributed by atoms with Gasteiger partial charge in [0.2, 0.25) is 11.8 Å². The minimum Gasteiger partial charge on any atom is -0.440 e. The van der Waals surface area contributed by atoms with Gasteiger partial charge >= 0.3 is 0 Å². The number of rotatable bonds is 6. The molecule has 0 amide bonds. The Kier molecular flexibility index (Phi) is 6.21. The highest BCUT2D eigenvalue weighted by Crippen LogP contribution is 2.30. The minimum atomic E-state index is -0.201. The predicted octanol–water partition coefficient (Wildman–Crippen LogP) is 7.59. The van der Waals surface area contributed by atoms with E-state index in [1.807, 2.05) is 98.8 Å². The molecule has 192 valence electrons. The number of fused-ring (bicyclic) bond motifs is 2. The standard InChI is InChI=1S/C33H26N2O4/c1-20-13-15-28-24(17-20)30(36)26(32(38-28)34-22-9-5-3-6-10-22)19-27-31(37)25-18-21(2)14-16-29(25)39-33(27)35-23-11-7-4-8-12-23/h3-18,34-35H,19H2,1-2H3. The predicted molar refractivity (Wildman–Crippen MR) is 157 cm³/mol. The molecule has 0 saturated heterocycles. The molecule has 0 aliphatic rings. The van der Waals surface area contributed by atoms with Crippen molar-refractivity contribution in [2.75, 3.05) is 10.6 Å². The lowest BCUT2D eigenvalue weighted by molar-refractivity contribution is 0.607. The molecule has 0 bridgehead atoms. The zero-order valence-electron chi connectivity index (χ0n) is 21.6. The van der Waals surface area contributed by atoms with Crippen molar-refractivity contribution in [3.63, 3.8) is 0 Å². The van der Waals surface area contributed by atoms with E-state index < -0.39 is 0 Å². The van der Waals surface area contributed by atoms with E-state index in [0.717, 1.165) is 22.5 Å². The van der Waals surface area contributed by atoms with Gasteiger partial charge in [-0.2, -0.15) is 0 Å². The second-order valence-corrected chi connectivity index (χ2v) is 9.64. The quantitative estimate of drug-likeness (QED) is 0.238. The van der Waals surface area contributed by atoms with Crippen LogP contribution in [0.3, 0.4) is 0 Å². The van der Waals surface area contributed by atoms with Gasteiger partial charge in [0.15, 0.2) is 10.9 Å². The van der Waals surface area contributed by atoms with Crippen molar-refractivity contribution >= 4 is 45.1 Å². The molecule has 39 heavy (non-hydrogen) atoms. The first-order valence-corrected chi connectivity index (χ1v) is 12.7. The van der Waals surface area contributed by atoms with E-state index in [1.165, 1.54) is 0 Å². The Morgan fingerprint density at radius 1 is 0.564 bits per heavy atom. The molecule has 2 N–H and O–H groups in total. The first-order chi connectivity index (χ1) is 19.0. The van der Waals surface area contributed by atoms with E-state index in [2.05, 4.69) is 10.6 Å². The summed E-state index contributed by atoms with van der Waals surface area (Å²) in [6.07, 6.45) is 0.00274. The van der Waals surface area contributed by atoms with Crippen molar-refractivity contribution in [1.82, 2.24) is 0 Å². The highest BCUT2D eigenvalue weighted by atomic mass is 16.4. The van der Waals surface area contributed by atoms with Gasteiger partial charge in [-0.1, -0.05) is 59.7 Å². The Hall–Kier alpha value is -5.10. The number of nitrogens with one attached hydrogen (secondary N) is 2. The van der Waals surface area contributed by atoms with E-state index in [4.69, 9.17) is 8.83 Å². The first-order valence-electron chi connectivity index (χ1n) is 12.7. The fourth-order valence-electron chi connectivity index (χ4n) is 4.70. The lowest BCUT2D eigenvalue weighted by Crippen LogP contribution is -2.19. The lowest BCUT2D eigenvalue weighted by atomic mass is 10.0. The molecule has 6 nitrogen and oxygen atoms in total. The molecule has 0 radical (unpaired) electrons. The molecule has 0 atom stereocenters. The third kappa shape index (κ3) is 4.80. The molecular formula is C33H26N2O4. The SMILES string of the molecule is Cc1ccc2oc(Nc3ccccc3)c(Cc3c(Nc4ccccc4)oc4ccc(C)cc4c3=O)c(=O)c2c1. The molecule has 6 heteroatoms. The minimum absolute atomic E-state index is 0.00274. The summed E-state index contributed by atoms with van der Waals surface area (Å²) in [5.74, 6) is 0.578. The van der Waals surface area contributed by atoms with Gasteiger partial charge in [-0.15, -0.1) is 0 Å². The zero-order chi connectivity index (χ0) is 26.9. The van der Waals surface area contributed by atoms with E-state index in [-0.39, 0.29) is 29.0 Å². The number of hydrogen-bond acceptors (Lipinski definition) is 6. The summed E-state index contributed by atoms with van der Waals surface area (Å²) in [5, 5.41) is 7.43. The van der Waals surface area contributed by atoms with Gasteiger partial charge in [-0.05, 0) is 62.4 Å². The van der Waals surface area contributed by atoms with Gasteiger partial charge in [-0.25, -0.2) is 0 Å². The van der Waals surface area contributed by atoms with E-state index >= 15 is 0 Å². The lowest BCUT2D eigenvalue weighted by Gasteiger charge is -2.15. The fourth-order valence-corrected chi connectivity index (χ4v) is 4.70. The molecule has 0 aliphatic heterocycles. The second kappa shape index (κ2) is 9.99. The smallest absolute Gasteiger partial charge is 0.205 e. The van der Waals surface area contributed by atoms with E-state index in [0.29, 0.717) is 33.1 Å². The van der Waals surface area contributed by atoms with E-state index in [1.54, 1.807) is 12.1 Å². The number of para-hydroxylation sites is 2. The van der Waals surface area contributed by atoms with Crippen LogP contribution in [0.25, 0.3) is 21.9 Å². The van der Waals surface area contributed by atoms with Crippen molar-refractivity contribution < 1.29 is 8.83 Å². The number of aryl methyl sites for hydroxylation is 2. The Bertz CT molecular complexity index is 1800. The summed E-state index contributed by atoms with van der Waals surface area (Å²) in [4.78, 5) is 27.9. The average molecular weight is 515 g/mol. The molecule has 6 rings (SSSR count). The number of hydrogen-bond donors (Lipinski definition) is 2. The summed E-state index contributed by atoms with van der Waals surface area (Å²) >= 11 is 0. The maximum absolute atomic E-state index is 13.9. The molecule has 0 saturated carbocycles. The summed E-state index contributed by atoms with van der Waals surface area (Å²) in [6.45, 7) is 3.85. The van der Waals surface area contributed by atoms with Crippen molar-refractivity contribution in [1.29, 1.82) is 0 Å². The van der Waals surface area contributed by atoms with Gasteiger partial charge in [0.25, 0.3) is 0 Å². The van der Waals surface area contributed by atoms with Crippen LogP contribution >= 0.6 is 0 Å². The van der Waals surface area contributed by atoms with Gasteiger partial charge in [0.05, 0.1) is 21.9 Å². The van der Waals surface area contributed by atoms with Crippen LogP contribution in [0.5, 0.6) is 0 Å². The molecule has 0 spiro atoms. The summed E-state index contributed by atoms with van der Waals surface area (Å²) < 4.78 is 12.5. The Labute approximate surface area is 224 Å². The van der Waals surface area contributed by atoms with Crippen LogP contribution in [0, 0.1) is 13.8 Å². The largest absolute Gasteiger partial charge is 0.440 e. The molecular weight excluding hydrogens is 488 g/mol. The highest BCUT2D eigenvalue weighted by Gasteiger charge is 2.22. The average Bonchev–Trinajstić information content (AvgIpc) is 2.94. The first kappa shape index (κ1) is 24.2. The zero-order valence-corrected chi connectivity index (χ0v) is 21.6. The molecule has 4 aromatic carbocycles. The van der Waals surface area contributed by atoms with Crippen LogP contribution in [-0.2, 0) is 6.42 Å². The maximum Gasteiger partial charge on any atom is 0.205 e. The van der Waals surface area contributed by atoms with Crippen molar-refractivity contribution in [3.8, 4) is 0 Å². The molecule has 2 aromatic heterocycles. The molecule has 6 aromatic rings. The molecule has 0 aliphatic carbocycles.